The fourth-order valence-corrected chi connectivity index (χ4v) is 1.16. The maximum Gasteiger partial charge on any atom is 0.150 e. The molecule has 4 nitrogen and oxygen atoms in total. The Morgan fingerprint density at radius 3 is 2.75 bits per heavy atom. The Kier molecular flexibility index (Phi) is 3.70. The summed E-state index contributed by atoms with van der Waals surface area (Å²) in [6.07, 6.45) is 4.58. The number of hydrogen-bond donors (Lipinski definition) is 0. The Hall–Kier alpha value is -0.930. The highest BCUT2D eigenvalue weighted by atomic mass is 15.5. The molecule has 1 rings (SSSR count). The first-order valence-electron chi connectivity index (χ1n) is 4.63. The molecule has 1 aromatic heterocycles. The normalized spacial score (nSPS) is 10.5. The highest BCUT2D eigenvalue weighted by molar-refractivity contribution is 4.78. The van der Waals surface area contributed by atoms with Crippen molar-refractivity contribution in [2.24, 2.45) is 0 Å². The second-order valence-electron chi connectivity index (χ2n) is 2.88. The molecule has 0 N–H and O–H groups in total. The number of nitrogens with zero attached hydrogens (tertiary/aromatic N) is 4. The summed E-state index contributed by atoms with van der Waals surface area (Å²) in [5.41, 5.74) is 0. The van der Waals surface area contributed by atoms with E-state index in [1.807, 2.05) is 4.68 Å². The smallest absolute Gasteiger partial charge is 0.150 e. The van der Waals surface area contributed by atoms with Crippen LogP contribution in [0.5, 0.6) is 0 Å². The van der Waals surface area contributed by atoms with Crippen molar-refractivity contribution >= 4 is 0 Å². The van der Waals surface area contributed by atoms with Crippen LogP contribution in [0.2, 0.25) is 0 Å². The van der Waals surface area contributed by atoms with Crippen LogP contribution in [0.1, 0.15) is 38.9 Å². The fraction of sp³-hybridized carbons (Fsp3) is 0.875. The van der Waals surface area contributed by atoms with Gasteiger partial charge in [0.15, 0.2) is 5.82 Å². The lowest BCUT2D eigenvalue weighted by Gasteiger charge is -2.00. The van der Waals surface area contributed by atoms with Crippen molar-refractivity contribution in [3.63, 3.8) is 0 Å². The van der Waals surface area contributed by atoms with E-state index in [9.17, 15) is 0 Å². The zero-order valence-electron chi connectivity index (χ0n) is 7.82. The molecular weight excluding hydrogens is 152 g/mol. The molecule has 0 fully saturated rings. The van der Waals surface area contributed by atoms with E-state index in [-0.39, 0.29) is 0 Å². The Bertz CT molecular complexity index is 219. The summed E-state index contributed by atoms with van der Waals surface area (Å²) >= 11 is 0. The number of aryl methyl sites for hydroxylation is 2. The van der Waals surface area contributed by atoms with Crippen LogP contribution in [-0.4, -0.2) is 20.2 Å². The molecule has 0 saturated heterocycles. The molecule has 68 valence electrons. The van der Waals surface area contributed by atoms with Gasteiger partial charge in [-0.3, -0.25) is 0 Å². The first kappa shape index (κ1) is 9.16. The molecule has 0 bridgehead atoms. The minimum atomic E-state index is 0.916. The first-order chi connectivity index (χ1) is 5.88. The second kappa shape index (κ2) is 4.85. The maximum absolute atomic E-state index is 3.92. The third-order valence-corrected chi connectivity index (χ3v) is 1.90. The van der Waals surface area contributed by atoms with E-state index in [2.05, 4.69) is 29.4 Å². The van der Waals surface area contributed by atoms with Crippen LogP contribution < -0.4 is 0 Å². The average molecular weight is 168 g/mol. The Balaban J connectivity index is 2.39. The van der Waals surface area contributed by atoms with Gasteiger partial charge in [0.25, 0.3) is 0 Å². The van der Waals surface area contributed by atoms with Crippen molar-refractivity contribution in [3.05, 3.63) is 5.82 Å². The molecule has 0 aliphatic carbocycles. The summed E-state index contributed by atoms with van der Waals surface area (Å²) in [6.45, 7) is 5.23. The number of rotatable bonds is 5. The molecule has 1 aromatic rings. The number of tetrazole rings is 1. The summed E-state index contributed by atoms with van der Waals surface area (Å²) in [4.78, 5) is 0. The summed E-state index contributed by atoms with van der Waals surface area (Å²) in [7, 11) is 0. The van der Waals surface area contributed by atoms with E-state index >= 15 is 0 Å². The van der Waals surface area contributed by atoms with Gasteiger partial charge in [0, 0.05) is 13.0 Å². The van der Waals surface area contributed by atoms with E-state index in [4.69, 9.17) is 0 Å². The van der Waals surface area contributed by atoms with Crippen LogP contribution in [0.15, 0.2) is 0 Å². The van der Waals surface area contributed by atoms with Crippen LogP contribution in [0.3, 0.4) is 0 Å². The van der Waals surface area contributed by atoms with Crippen LogP contribution in [0, 0.1) is 0 Å². The van der Waals surface area contributed by atoms with Crippen LogP contribution >= 0.6 is 0 Å². The Morgan fingerprint density at radius 1 is 1.25 bits per heavy atom. The van der Waals surface area contributed by atoms with E-state index in [0.717, 1.165) is 18.8 Å². The van der Waals surface area contributed by atoms with Crippen LogP contribution in [0.25, 0.3) is 0 Å². The third-order valence-electron chi connectivity index (χ3n) is 1.90. The highest BCUT2D eigenvalue weighted by Crippen LogP contribution is 1.99. The largest absolute Gasteiger partial charge is 0.230 e. The minimum Gasteiger partial charge on any atom is -0.230 e. The van der Waals surface area contributed by atoms with Gasteiger partial charge >= 0.3 is 0 Å². The monoisotopic (exact) mass is 168 g/mol. The number of aromatic nitrogens is 4. The van der Waals surface area contributed by atoms with Crippen molar-refractivity contribution < 1.29 is 0 Å². The zero-order valence-corrected chi connectivity index (χ0v) is 7.82. The number of unbranched alkanes of at least 4 members (excludes halogenated alkanes) is 2. The van der Waals surface area contributed by atoms with Crippen molar-refractivity contribution in [3.8, 4) is 0 Å². The Morgan fingerprint density at radius 2 is 2.08 bits per heavy atom. The molecule has 4 heteroatoms. The second-order valence-corrected chi connectivity index (χ2v) is 2.88. The van der Waals surface area contributed by atoms with Crippen LogP contribution in [0.4, 0.5) is 0 Å². The molecule has 0 spiro atoms. The predicted octanol–water partition coefficient (Wildman–Crippen LogP) is 1.43. The molecule has 0 amide bonds. The van der Waals surface area contributed by atoms with Gasteiger partial charge in [-0.1, -0.05) is 26.7 Å². The molecule has 0 aliphatic heterocycles. The van der Waals surface area contributed by atoms with Gasteiger partial charge in [-0.2, -0.15) is 0 Å². The van der Waals surface area contributed by atoms with E-state index in [1.165, 1.54) is 19.3 Å². The van der Waals surface area contributed by atoms with Gasteiger partial charge in [0.1, 0.15) is 0 Å². The summed E-state index contributed by atoms with van der Waals surface area (Å²) in [5, 5.41) is 11.5. The van der Waals surface area contributed by atoms with Gasteiger partial charge in [-0.15, -0.1) is 5.10 Å². The van der Waals surface area contributed by atoms with Crippen molar-refractivity contribution in [1.82, 2.24) is 20.2 Å². The lowest BCUT2D eigenvalue weighted by molar-refractivity contribution is 0.521. The first-order valence-corrected chi connectivity index (χ1v) is 4.63. The molecule has 0 aromatic carbocycles. The average Bonchev–Trinajstić information content (AvgIpc) is 2.52. The van der Waals surface area contributed by atoms with Gasteiger partial charge in [0.05, 0.1) is 0 Å². The molecule has 12 heavy (non-hydrogen) atoms. The molecule has 1 heterocycles. The standard InChI is InChI=1S/C8H16N4/c1-3-5-6-7-12-8(4-2)9-10-11-12/h3-7H2,1-2H3. The molecule has 0 radical (unpaired) electrons. The summed E-state index contributed by atoms with van der Waals surface area (Å²) in [6, 6.07) is 0. The fourth-order valence-electron chi connectivity index (χ4n) is 1.16. The Labute approximate surface area is 73.0 Å². The molecular formula is C8H16N4. The van der Waals surface area contributed by atoms with Crippen molar-refractivity contribution in [2.75, 3.05) is 0 Å². The molecule has 0 unspecified atom stereocenters. The molecule has 0 atom stereocenters. The van der Waals surface area contributed by atoms with Crippen molar-refractivity contribution in [1.29, 1.82) is 0 Å². The van der Waals surface area contributed by atoms with Gasteiger partial charge in [-0.05, 0) is 16.8 Å². The highest BCUT2D eigenvalue weighted by Gasteiger charge is 2.01. The van der Waals surface area contributed by atoms with Gasteiger partial charge in [0.2, 0.25) is 0 Å². The van der Waals surface area contributed by atoms with E-state index in [0.29, 0.717) is 0 Å². The van der Waals surface area contributed by atoms with Gasteiger partial charge < -0.3 is 0 Å². The lowest BCUT2D eigenvalue weighted by Crippen LogP contribution is -2.04. The van der Waals surface area contributed by atoms with E-state index in [1.54, 1.807) is 0 Å². The topological polar surface area (TPSA) is 43.6 Å². The van der Waals surface area contributed by atoms with Crippen LogP contribution in [-0.2, 0) is 13.0 Å². The predicted molar refractivity (Wildman–Crippen MR) is 46.7 cm³/mol. The minimum absolute atomic E-state index is 0.916. The molecule has 0 saturated carbocycles. The summed E-state index contributed by atoms with van der Waals surface area (Å²) in [5.74, 6) is 0.992. The van der Waals surface area contributed by atoms with Gasteiger partial charge in [-0.25, -0.2) is 4.68 Å². The quantitative estimate of drug-likeness (QED) is 0.624. The third kappa shape index (κ3) is 2.29. The lowest BCUT2D eigenvalue weighted by atomic mass is 10.2. The summed E-state index contributed by atoms with van der Waals surface area (Å²) < 4.78 is 1.90. The maximum atomic E-state index is 3.92. The zero-order chi connectivity index (χ0) is 8.81. The van der Waals surface area contributed by atoms with E-state index < -0.39 is 0 Å². The SMILES string of the molecule is CCCCCn1nnnc1CC. The van der Waals surface area contributed by atoms with Crippen molar-refractivity contribution in [2.45, 2.75) is 46.1 Å². The number of hydrogen-bond acceptors (Lipinski definition) is 3. The molecule has 0 aliphatic rings.